The number of carboxylic acids is 1. The molecule has 2 rings (SSSR count). The lowest BCUT2D eigenvalue weighted by Crippen LogP contribution is -2.60. The Morgan fingerprint density at radius 2 is 1.83 bits per heavy atom. The molecule has 2 heterocycles. The Hall–Kier alpha value is -0.700. The summed E-state index contributed by atoms with van der Waals surface area (Å²) in [6, 6.07) is -0.995. The van der Waals surface area contributed by atoms with Gasteiger partial charge >= 0.3 is 5.97 Å². The summed E-state index contributed by atoms with van der Waals surface area (Å²) in [4.78, 5) is 11.1. The van der Waals surface area contributed by atoms with E-state index in [0.29, 0.717) is 19.6 Å². The van der Waals surface area contributed by atoms with E-state index in [1.165, 1.54) is 4.31 Å². The Morgan fingerprint density at radius 3 is 2.44 bits per heavy atom. The van der Waals surface area contributed by atoms with Crippen LogP contribution in [0.1, 0.15) is 19.3 Å². The second-order valence-corrected chi connectivity index (χ2v) is 6.52. The fraction of sp³-hybridized carbons (Fsp3) is 0.900. The molecule has 1 unspecified atom stereocenters. The number of rotatable bonds is 3. The van der Waals surface area contributed by atoms with Gasteiger partial charge in [-0.2, -0.15) is 17.0 Å². The van der Waals surface area contributed by atoms with Crippen molar-refractivity contribution in [2.45, 2.75) is 25.3 Å². The molecule has 2 aliphatic heterocycles. The average Bonchev–Trinajstić information content (AvgIpc) is 2.39. The quantitative estimate of drug-likeness (QED) is 0.696. The Balaban J connectivity index is 2.18. The molecule has 0 saturated carbocycles. The number of piperidine rings is 1. The minimum Gasteiger partial charge on any atom is -0.480 e. The summed E-state index contributed by atoms with van der Waals surface area (Å²) in [6.45, 7) is 1.88. The third-order valence-electron chi connectivity index (χ3n) is 3.42. The number of aliphatic carboxylic acids is 1. The van der Waals surface area contributed by atoms with E-state index >= 15 is 0 Å². The SMILES string of the molecule is O=C(O)C1CNCCN1S(=O)(=O)N1CCCCC1. The number of carboxylic acid groups (broad SMARTS) is 1. The Labute approximate surface area is 107 Å². The fourth-order valence-corrected chi connectivity index (χ4v) is 4.24. The molecule has 0 aromatic heterocycles. The molecule has 7 nitrogen and oxygen atoms in total. The summed E-state index contributed by atoms with van der Waals surface area (Å²) in [6.07, 6.45) is 2.74. The average molecular weight is 277 g/mol. The van der Waals surface area contributed by atoms with Gasteiger partial charge in [-0.05, 0) is 12.8 Å². The van der Waals surface area contributed by atoms with Gasteiger partial charge in [0.2, 0.25) is 0 Å². The van der Waals surface area contributed by atoms with Gasteiger partial charge in [-0.3, -0.25) is 4.79 Å². The Morgan fingerprint density at radius 1 is 1.17 bits per heavy atom. The van der Waals surface area contributed by atoms with Gasteiger partial charge < -0.3 is 10.4 Å². The van der Waals surface area contributed by atoms with E-state index in [9.17, 15) is 13.2 Å². The Bertz CT molecular complexity index is 405. The lowest BCUT2D eigenvalue weighted by atomic mass is 10.2. The van der Waals surface area contributed by atoms with Crippen molar-refractivity contribution in [2.24, 2.45) is 0 Å². The molecule has 2 aliphatic rings. The van der Waals surface area contributed by atoms with E-state index in [4.69, 9.17) is 5.11 Å². The van der Waals surface area contributed by atoms with Crippen LogP contribution in [-0.2, 0) is 15.0 Å². The van der Waals surface area contributed by atoms with Crippen molar-refractivity contribution in [1.82, 2.24) is 13.9 Å². The summed E-state index contributed by atoms with van der Waals surface area (Å²) >= 11 is 0. The number of carbonyl (C=O) groups is 1. The number of nitrogens with zero attached hydrogens (tertiary/aromatic N) is 2. The lowest BCUT2D eigenvalue weighted by Gasteiger charge is -2.37. The van der Waals surface area contributed by atoms with Crippen LogP contribution in [0.3, 0.4) is 0 Å². The smallest absolute Gasteiger partial charge is 0.323 e. The van der Waals surface area contributed by atoms with Crippen molar-refractivity contribution in [2.75, 3.05) is 32.7 Å². The highest BCUT2D eigenvalue weighted by Crippen LogP contribution is 2.19. The summed E-state index contributed by atoms with van der Waals surface area (Å²) in [7, 11) is -3.63. The van der Waals surface area contributed by atoms with Crippen molar-refractivity contribution >= 4 is 16.2 Å². The van der Waals surface area contributed by atoms with Crippen LogP contribution in [-0.4, -0.2) is 66.9 Å². The Kier molecular flexibility index (Phi) is 4.21. The normalized spacial score (nSPS) is 28.1. The molecule has 18 heavy (non-hydrogen) atoms. The van der Waals surface area contributed by atoms with Crippen LogP contribution < -0.4 is 5.32 Å². The van der Waals surface area contributed by atoms with E-state index in [2.05, 4.69) is 5.32 Å². The molecule has 0 spiro atoms. The summed E-state index contributed by atoms with van der Waals surface area (Å²) < 4.78 is 27.4. The first-order valence-corrected chi connectivity index (χ1v) is 7.63. The molecule has 2 N–H and O–H groups in total. The third kappa shape index (κ3) is 2.66. The molecule has 0 amide bonds. The zero-order valence-electron chi connectivity index (χ0n) is 10.2. The molecule has 104 valence electrons. The molecule has 8 heteroatoms. The van der Waals surface area contributed by atoms with Crippen LogP contribution in [0.15, 0.2) is 0 Å². The van der Waals surface area contributed by atoms with E-state index in [0.717, 1.165) is 23.6 Å². The molecule has 1 atom stereocenters. The first kappa shape index (κ1) is 13.7. The highest BCUT2D eigenvalue weighted by molar-refractivity contribution is 7.86. The minimum atomic E-state index is -3.63. The third-order valence-corrected chi connectivity index (χ3v) is 5.46. The zero-order chi connectivity index (χ0) is 13.2. The second-order valence-electron chi connectivity index (χ2n) is 4.64. The summed E-state index contributed by atoms with van der Waals surface area (Å²) in [5.41, 5.74) is 0. The largest absolute Gasteiger partial charge is 0.480 e. The highest BCUT2D eigenvalue weighted by atomic mass is 32.2. The fourth-order valence-electron chi connectivity index (χ4n) is 2.42. The van der Waals surface area contributed by atoms with Gasteiger partial charge in [0.25, 0.3) is 10.2 Å². The topological polar surface area (TPSA) is 90.0 Å². The van der Waals surface area contributed by atoms with Gasteiger partial charge in [-0.1, -0.05) is 6.42 Å². The number of nitrogens with one attached hydrogen (secondary N) is 1. The first-order chi connectivity index (χ1) is 8.53. The molecular weight excluding hydrogens is 258 g/mol. The molecule has 2 saturated heterocycles. The van der Waals surface area contributed by atoms with E-state index in [1.807, 2.05) is 0 Å². The van der Waals surface area contributed by atoms with Crippen LogP contribution in [0.5, 0.6) is 0 Å². The van der Waals surface area contributed by atoms with Crippen molar-refractivity contribution < 1.29 is 18.3 Å². The van der Waals surface area contributed by atoms with Crippen molar-refractivity contribution in [1.29, 1.82) is 0 Å². The first-order valence-electron chi connectivity index (χ1n) is 6.24. The minimum absolute atomic E-state index is 0.169. The molecule has 2 fully saturated rings. The lowest BCUT2D eigenvalue weighted by molar-refractivity contribution is -0.141. The highest BCUT2D eigenvalue weighted by Gasteiger charge is 2.40. The number of hydrogen-bond acceptors (Lipinski definition) is 4. The van der Waals surface area contributed by atoms with Crippen molar-refractivity contribution in [3.8, 4) is 0 Å². The van der Waals surface area contributed by atoms with Crippen LogP contribution in [0.4, 0.5) is 0 Å². The predicted octanol–water partition coefficient (Wildman–Crippen LogP) is -0.924. The number of piperazine rings is 1. The van der Waals surface area contributed by atoms with Crippen molar-refractivity contribution in [3.63, 3.8) is 0 Å². The molecule has 0 aromatic carbocycles. The second kappa shape index (κ2) is 5.52. The standard InChI is InChI=1S/C10H19N3O4S/c14-10(15)9-8-11-4-7-13(9)18(16,17)12-5-2-1-3-6-12/h9,11H,1-8H2,(H,14,15). The van der Waals surface area contributed by atoms with Gasteiger partial charge in [-0.25, -0.2) is 0 Å². The summed E-state index contributed by atoms with van der Waals surface area (Å²) in [5.74, 6) is -1.09. The van der Waals surface area contributed by atoms with Gasteiger partial charge in [0, 0.05) is 32.7 Å². The zero-order valence-corrected chi connectivity index (χ0v) is 11.0. The molecule has 0 radical (unpaired) electrons. The molecule has 0 aliphatic carbocycles. The number of hydrogen-bond donors (Lipinski definition) is 2. The van der Waals surface area contributed by atoms with Crippen LogP contribution in [0.2, 0.25) is 0 Å². The van der Waals surface area contributed by atoms with E-state index in [-0.39, 0.29) is 13.1 Å². The molecule has 0 bridgehead atoms. The van der Waals surface area contributed by atoms with Crippen molar-refractivity contribution in [3.05, 3.63) is 0 Å². The maximum Gasteiger partial charge on any atom is 0.323 e. The van der Waals surface area contributed by atoms with Crippen LogP contribution in [0, 0.1) is 0 Å². The monoisotopic (exact) mass is 277 g/mol. The molecular formula is C10H19N3O4S. The van der Waals surface area contributed by atoms with Gasteiger partial charge in [0.05, 0.1) is 0 Å². The summed E-state index contributed by atoms with van der Waals surface area (Å²) in [5, 5.41) is 12.0. The van der Waals surface area contributed by atoms with E-state index < -0.39 is 22.2 Å². The van der Waals surface area contributed by atoms with Gasteiger partial charge in [0.15, 0.2) is 0 Å². The van der Waals surface area contributed by atoms with Gasteiger partial charge in [-0.15, -0.1) is 0 Å². The van der Waals surface area contributed by atoms with Crippen LogP contribution >= 0.6 is 0 Å². The van der Waals surface area contributed by atoms with E-state index in [1.54, 1.807) is 0 Å². The molecule has 0 aromatic rings. The van der Waals surface area contributed by atoms with Crippen LogP contribution in [0.25, 0.3) is 0 Å². The maximum absolute atomic E-state index is 12.4. The predicted molar refractivity (Wildman–Crippen MR) is 65.3 cm³/mol. The van der Waals surface area contributed by atoms with Gasteiger partial charge in [0.1, 0.15) is 6.04 Å². The maximum atomic E-state index is 12.4.